The quantitative estimate of drug-likeness (QED) is 0.289. The Labute approximate surface area is 245 Å². The van der Waals surface area contributed by atoms with E-state index in [1.54, 1.807) is 42.4 Å². The van der Waals surface area contributed by atoms with E-state index >= 15 is 0 Å². The Balaban J connectivity index is 1.18. The SMILES string of the molecule is COc1ccc(N2C=C3CC=C(C(C)N4C(=O)c5ccccc5C4=O)C=C3C2=O)cc1OC(C)CCc1ccccc1. The van der Waals surface area contributed by atoms with Crippen LogP contribution in [0, 0.1) is 0 Å². The maximum Gasteiger partial charge on any atom is 0.262 e. The first kappa shape index (κ1) is 27.3. The molecule has 1 aliphatic carbocycles. The Kier molecular flexibility index (Phi) is 7.25. The highest BCUT2D eigenvalue weighted by atomic mass is 16.5. The van der Waals surface area contributed by atoms with E-state index in [0.717, 1.165) is 24.0 Å². The van der Waals surface area contributed by atoms with E-state index in [1.165, 1.54) is 10.5 Å². The van der Waals surface area contributed by atoms with Crippen LogP contribution < -0.4 is 14.4 Å². The first-order valence-electron chi connectivity index (χ1n) is 14.2. The summed E-state index contributed by atoms with van der Waals surface area (Å²) in [6.07, 6.45) is 7.81. The van der Waals surface area contributed by atoms with Crippen LogP contribution in [0.4, 0.5) is 5.69 Å². The van der Waals surface area contributed by atoms with Crippen molar-refractivity contribution in [3.63, 3.8) is 0 Å². The predicted molar refractivity (Wildman–Crippen MR) is 161 cm³/mol. The number of fused-ring (bicyclic) bond motifs is 2. The number of hydrogen-bond donors (Lipinski definition) is 0. The molecule has 212 valence electrons. The molecule has 2 aliphatic heterocycles. The molecule has 3 amide bonds. The van der Waals surface area contributed by atoms with Gasteiger partial charge in [-0.3, -0.25) is 24.2 Å². The minimum absolute atomic E-state index is 0.0670. The van der Waals surface area contributed by atoms with E-state index in [1.807, 2.05) is 62.5 Å². The highest BCUT2D eigenvalue weighted by Gasteiger charge is 2.40. The second-order valence-corrected chi connectivity index (χ2v) is 10.8. The molecule has 42 heavy (non-hydrogen) atoms. The van der Waals surface area contributed by atoms with Gasteiger partial charge < -0.3 is 9.47 Å². The molecular weight excluding hydrogens is 528 g/mol. The number of aryl methyl sites for hydroxylation is 1. The van der Waals surface area contributed by atoms with Crippen LogP contribution in [-0.4, -0.2) is 41.9 Å². The van der Waals surface area contributed by atoms with Crippen LogP contribution in [0.5, 0.6) is 11.5 Å². The predicted octanol–water partition coefficient (Wildman–Crippen LogP) is 6.27. The van der Waals surface area contributed by atoms with Gasteiger partial charge in [-0.15, -0.1) is 0 Å². The maximum atomic E-state index is 13.6. The van der Waals surface area contributed by atoms with Crippen LogP contribution >= 0.6 is 0 Å². The van der Waals surface area contributed by atoms with Crippen molar-refractivity contribution in [3.8, 4) is 11.5 Å². The molecular formula is C35H32N2O5. The number of benzene rings is 3. The summed E-state index contributed by atoms with van der Waals surface area (Å²) < 4.78 is 11.8. The van der Waals surface area contributed by atoms with E-state index in [4.69, 9.17) is 9.47 Å². The number of amides is 3. The van der Waals surface area contributed by atoms with Gasteiger partial charge in [-0.05, 0) is 80.2 Å². The van der Waals surface area contributed by atoms with Crippen molar-refractivity contribution in [2.24, 2.45) is 0 Å². The molecule has 3 aliphatic rings. The molecule has 0 fully saturated rings. The minimum Gasteiger partial charge on any atom is -0.493 e. The number of rotatable bonds is 9. The molecule has 0 aromatic heterocycles. The van der Waals surface area contributed by atoms with E-state index in [0.29, 0.717) is 40.3 Å². The van der Waals surface area contributed by atoms with Crippen LogP contribution in [0.3, 0.4) is 0 Å². The standard InChI is InChI=1S/C35H32N2O5/c1-22(13-14-24-9-5-4-6-10-24)42-32-20-27(17-18-31(32)41-3)36-21-26-16-15-25(19-30(26)33(36)38)23(2)37-34(39)28-11-7-8-12-29(28)35(37)40/h4-12,15,17-23H,13-14,16H2,1-3H3. The molecule has 2 unspecified atom stereocenters. The van der Waals surface area contributed by atoms with E-state index in [2.05, 4.69) is 12.1 Å². The molecule has 0 bridgehead atoms. The molecule has 7 nitrogen and oxygen atoms in total. The zero-order valence-electron chi connectivity index (χ0n) is 23.9. The number of carbonyl (C=O) groups excluding carboxylic acids is 3. The molecule has 0 radical (unpaired) electrons. The molecule has 0 saturated carbocycles. The number of imide groups is 1. The van der Waals surface area contributed by atoms with Crippen molar-refractivity contribution < 1.29 is 23.9 Å². The second-order valence-electron chi connectivity index (χ2n) is 10.8. The van der Waals surface area contributed by atoms with Gasteiger partial charge >= 0.3 is 0 Å². The van der Waals surface area contributed by atoms with Crippen LogP contribution in [0.1, 0.15) is 53.0 Å². The van der Waals surface area contributed by atoms with Crippen LogP contribution in [0.25, 0.3) is 0 Å². The Morgan fingerprint density at radius 1 is 0.833 bits per heavy atom. The van der Waals surface area contributed by atoms with Gasteiger partial charge in [-0.2, -0.15) is 0 Å². The van der Waals surface area contributed by atoms with Gasteiger partial charge in [-0.25, -0.2) is 0 Å². The maximum absolute atomic E-state index is 13.6. The Hall–Kier alpha value is -4.91. The summed E-state index contributed by atoms with van der Waals surface area (Å²) in [4.78, 5) is 42.6. The molecule has 7 heteroatoms. The zero-order chi connectivity index (χ0) is 29.4. The first-order valence-corrected chi connectivity index (χ1v) is 14.2. The molecule has 0 saturated heterocycles. The van der Waals surface area contributed by atoms with Crippen molar-refractivity contribution in [3.05, 3.63) is 125 Å². The van der Waals surface area contributed by atoms with Crippen LogP contribution in [0.15, 0.2) is 108 Å². The van der Waals surface area contributed by atoms with E-state index in [-0.39, 0.29) is 23.8 Å². The largest absolute Gasteiger partial charge is 0.493 e. The fourth-order valence-electron chi connectivity index (χ4n) is 5.71. The van der Waals surface area contributed by atoms with Gasteiger partial charge in [0.1, 0.15) is 0 Å². The Bertz CT molecular complexity index is 1630. The van der Waals surface area contributed by atoms with Crippen molar-refractivity contribution in [2.75, 3.05) is 12.0 Å². The number of ether oxygens (including phenoxy) is 2. The number of anilines is 1. The topological polar surface area (TPSA) is 76.2 Å². The highest BCUT2D eigenvalue weighted by molar-refractivity contribution is 6.22. The molecule has 2 heterocycles. The summed E-state index contributed by atoms with van der Waals surface area (Å²) in [5, 5.41) is 0. The number of nitrogens with zero attached hydrogens (tertiary/aromatic N) is 2. The summed E-state index contributed by atoms with van der Waals surface area (Å²) in [5.74, 6) is 0.376. The lowest BCUT2D eigenvalue weighted by Gasteiger charge is -2.25. The lowest BCUT2D eigenvalue weighted by atomic mass is 9.92. The Morgan fingerprint density at radius 2 is 1.52 bits per heavy atom. The van der Waals surface area contributed by atoms with Crippen molar-refractivity contribution in [1.82, 2.24) is 4.90 Å². The normalized spacial score (nSPS) is 17.3. The lowest BCUT2D eigenvalue weighted by molar-refractivity contribution is -0.114. The van der Waals surface area contributed by atoms with Crippen LogP contribution in [-0.2, 0) is 11.2 Å². The third kappa shape index (κ3) is 4.91. The summed E-state index contributed by atoms with van der Waals surface area (Å²) in [7, 11) is 1.60. The molecule has 0 spiro atoms. The average Bonchev–Trinajstić information content (AvgIpc) is 3.48. The summed E-state index contributed by atoms with van der Waals surface area (Å²) in [5.41, 5.74) is 4.95. The fourth-order valence-corrected chi connectivity index (χ4v) is 5.71. The van der Waals surface area contributed by atoms with Crippen molar-refractivity contribution in [2.45, 2.75) is 45.3 Å². The lowest BCUT2D eigenvalue weighted by Crippen LogP contribution is -2.39. The fraction of sp³-hybridized carbons (Fsp3) is 0.229. The van der Waals surface area contributed by atoms with Crippen molar-refractivity contribution >= 4 is 23.4 Å². The number of allylic oxidation sites excluding steroid dienone is 1. The van der Waals surface area contributed by atoms with Gasteiger partial charge in [-0.1, -0.05) is 48.5 Å². The Morgan fingerprint density at radius 3 is 2.21 bits per heavy atom. The molecule has 2 atom stereocenters. The number of carbonyl (C=O) groups is 3. The van der Waals surface area contributed by atoms with Gasteiger partial charge in [0.25, 0.3) is 17.7 Å². The van der Waals surface area contributed by atoms with Crippen LogP contribution in [0.2, 0.25) is 0 Å². The zero-order valence-corrected chi connectivity index (χ0v) is 23.9. The van der Waals surface area contributed by atoms with Gasteiger partial charge in [0.05, 0.1) is 36.1 Å². The van der Waals surface area contributed by atoms with Crippen molar-refractivity contribution in [1.29, 1.82) is 0 Å². The summed E-state index contributed by atoms with van der Waals surface area (Å²) in [6, 6.07) is 22.1. The van der Waals surface area contributed by atoms with E-state index < -0.39 is 6.04 Å². The third-order valence-corrected chi connectivity index (χ3v) is 8.08. The second kappa shape index (κ2) is 11.2. The number of methoxy groups -OCH3 is 1. The molecule has 3 aromatic rings. The highest BCUT2D eigenvalue weighted by Crippen LogP contribution is 2.39. The summed E-state index contributed by atoms with van der Waals surface area (Å²) >= 11 is 0. The third-order valence-electron chi connectivity index (χ3n) is 8.08. The van der Waals surface area contributed by atoms with Gasteiger partial charge in [0, 0.05) is 17.8 Å². The van der Waals surface area contributed by atoms with Gasteiger partial charge in [0.2, 0.25) is 0 Å². The number of hydrogen-bond acceptors (Lipinski definition) is 5. The monoisotopic (exact) mass is 560 g/mol. The average molecular weight is 561 g/mol. The first-order chi connectivity index (χ1) is 20.4. The molecule has 0 N–H and O–H groups in total. The molecule has 3 aromatic carbocycles. The summed E-state index contributed by atoms with van der Waals surface area (Å²) in [6.45, 7) is 3.85. The molecule has 6 rings (SSSR count). The van der Waals surface area contributed by atoms with Gasteiger partial charge in [0.15, 0.2) is 11.5 Å². The van der Waals surface area contributed by atoms with E-state index in [9.17, 15) is 14.4 Å². The minimum atomic E-state index is -0.508. The smallest absolute Gasteiger partial charge is 0.262 e.